The first-order chi connectivity index (χ1) is 3.35. The Morgan fingerprint density at radius 1 is 1.29 bits per heavy atom. The van der Waals surface area contributed by atoms with Gasteiger partial charge >= 0.3 is 0 Å². The van der Waals surface area contributed by atoms with Gasteiger partial charge in [0.25, 0.3) is 0 Å². The van der Waals surface area contributed by atoms with Gasteiger partial charge in [-0.25, -0.2) is 0 Å². The molecule has 0 aromatic rings. The van der Waals surface area contributed by atoms with E-state index in [1.807, 2.05) is 0 Å². The van der Waals surface area contributed by atoms with Crippen LogP contribution in [0.3, 0.4) is 0 Å². The van der Waals surface area contributed by atoms with Gasteiger partial charge in [-0.1, -0.05) is 31.9 Å². The van der Waals surface area contributed by atoms with Gasteiger partial charge in [-0.3, -0.25) is 0 Å². The van der Waals surface area contributed by atoms with Crippen molar-refractivity contribution < 1.29 is 5.11 Å². The summed E-state index contributed by atoms with van der Waals surface area (Å²) in [7, 11) is 0. The minimum Gasteiger partial charge on any atom is -0.396 e. The molecule has 1 N–H and O–H groups in total. The number of hydrogen-bond donors (Lipinski definition) is 1. The molecule has 0 aliphatic carbocycles. The van der Waals surface area contributed by atoms with Crippen LogP contribution in [0.2, 0.25) is 0 Å². The summed E-state index contributed by atoms with van der Waals surface area (Å²) in [5.74, 6) is 0.375. The molecule has 0 radical (unpaired) electrons. The molecule has 0 aliphatic rings. The summed E-state index contributed by atoms with van der Waals surface area (Å²) in [6, 6.07) is 0. The largest absolute Gasteiger partial charge is 0.396 e. The molecule has 0 atom stereocenters. The molecule has 7 heavy (non-hydrogen) atoms. The van der Waals surface area contributed by atoms with Gasteiger partial charge in [-0.15, -0.1) is 0 Å². The average molecular weight is 232 g/mol. The Morgan fingerprint density at radius 3 is 1.71 bits per heavy atom. The summed E-state index contributed by atoms with van der Waals surface area (Å²) in [6.45, 7) is 0.260. The third kappa shape index (κ3) is 3.50. The molecule has 3 heteroatoms. The van der Waals surface area contributed by atoms with Gasteiger partial charge in [0.05, 0.1) is 0 Å². The van der Waals surface area contributed by atoms with Crippen molar-refractivity contribution in [2.24, 2.45) is 5.92 Å². The van der Waals surface area contributed by atoms with Gasteiger partial charge < -0.3 is 5.11 Å². The highest BCUT2D eigenvalue weighted by molar-refractivity contribution is 9.09. The second kappa shape index (κ2) is 5.06. The van der Waals surface area contributed by atoms with Crippen molar-refractivity contribution in [3.05, 3.63) is 0 Å². The monoisotopic (exact) mass is 230 g/mol. The summed E-state index contributed by atoms with van der Waals surface area (Å²) in [6.07, 6.45) is 0. The van der Waals surface area contributed by atoms with E-state index in [0.29, 0.717) is 5.92 Å². The van der Waals surface area contributed by atoms with Crippen molar-refractivity contribution in [2.45, 2.75) is 0 Å². The Bertz CT molecular complexity index is 31.2. The molecule has 0 heterocycles. The fourth-order valence-corrected chi connectivity index (χ4v) is 1.62. The molecule has 0 unspecified atom stereocenters. The lowest BCUT2D eigenvalue weighted by Gasteiger charge is -2.02. The SMILES string of the molecule is OCC(CBr)CBr. The highest BCUT2D eigenvalue weighted by Crippen LogP contribution is 2.02. The predicted molar refractivity (Wildman–Crippen MR) is 38.2 cm³/mol. The van der Waals surface area contributed by atoms with Crippen LogP contribution >= 0.6 is 31.9 Å². The zero-order valence-corrected chi connectivity index (χ0v) is 7.07. The Kier molecular flexibility index (Phi) is 5.73. The van der Waals surface area contributed by atoms with Crippen LogP contribution in [0, 0.1) is 5.92 Å². The highest BCUT2D eigenvalue weighted by Gasteiger charge is 1.99. The van der Waals surface area contributed by atoms with E-state index in [1.165, 1.54) is 0 Å². The second-order valence-electron chi connectivity index (χ2n) is 1.36. The van der Waals surface area contributed by atoms with Crippen molar-refractivity contribution in [2.75, 3.05) is 17.3 Å². The molecule has 0 aromatic carbocycles. The highest BCUT2D eigenvalue weighted by atomic mass is 79.9. The first-order valence-corrected chi connectivity index (χ1v) is 4.32. The third-order valence-electron chi connectivity index (χ3n) is 0.695. The first kappa shape index (κ1) is 7.92. The third-order valence-corrected chi connectivity index (χ3v) is 2.53. The molecule has 0 aromatic heterocycles. The molecular weight excluding hydrogens is 224 g/mol. The van der Waals surface area contributed by atoms with Crippen LogP contribution in [0.5, 0.6) is 0 Å². The Labute approximate surface area is 60.4 Å². The maximum atomic E-state index is 8.47. The van der Waals surface area contributed by atoms with Crippen molar-refractivity contribution in [3.63, 3.8) is 0 Å². The normalized spacial score (nSPS) is 10.3. The average Bonchev–Trinajstić information content (AvgIpc) is 1.72. The molecule has 0 saturated heterocycles. The van der Waals surface area contributed by atoms with Crippen LogP contribution in [-0.2, 0) is 0 Å². The van der Waals surface area contributed by atoms with Gasteiger partial charge in [0.1, 0.15) is 0 Å². The van der Waals surface area contributed by atoms with Gasteiger partial charge in [-0.2, -0.15) is 0 Å². The Hall–Kier alpha value is 0.920. The molecule has 1 nitrogen and oxygen atoms in total. The van der Waals surface area contributed by atoms with Crippen molar-refractivity contribution >= 4 is 31.9 Å². The van der Waals surface area contributed by atoms with Gasteiger partial charge in [0, 0.05) is 23.2 Å². The van der Waals surface area contributed by atoms with Crippen molar-refractivity contribution in [1.29, 1.82) is 0 Å². The van der Waals surface area contributed by atoms with Crippen molar-refractivity contribution in [1.82, 2.24) is 0 Å². The zero-order valence-electron chi connectivity index (χ0n) is 3.90. The van der Waals surface area contributed by atoms with E-state index in [1.54, 1.807) is 0 Å². The Morgan fingerprint density at radius 2 is 1.71 bits per heavy atom. The first-order valence-electron chi connectivity index (χ1n) is 2.08. The van der Waals surface area contributed by atoms with Gasteiger partial charge in [-0.05, 0) is 0 Å². The number of aliphatic hydroxyl groups is 1. The minimum atomic E-state index is 0.260. The van der Waals surface area contributed by atoms with E-state index in [4.69, 9.17) is 5.11 Å². The van der Waals surface area contributed by atoms with Crippen LogP contribution in [0.4, 0.5) is 0 Å². The quantitative estimate of drug-likeness (QED) is 0.728. The van der Waals surface area contributed by atoms with Crippen LogP contribution in [0.25, 0.3) is 0 Å². The van der Waals surface area contributed by atoms with E-state index in [-0.39, 0.29) is 6.61 Å². The van der Waals surface area contributed by atoms with E-state index in [0.717, 1.165) is 10.7 Å². The van der Waals surface area contributed by atoms with E-state index < -0.39 is 0 Å². The lowest BCUT2D eigenvalue weighted by molar-refractivity contribution is 0.254. The van der Waals surface area contributed by atoms with E-state index in [9.17, 15) is 0 Å². The zero-order chi connectivity index (χ0) is 5.70. The van der Waals surface area contributed by atoms with E-state index >= 15 is 0 Å². The summed E-state index contributed by atoms with van der Waals surface area (Å²) in [5.41, 5.74) is 0. The van der Waals surface area contributed by atoms with E-state index in [2.05, 4.69) is 31.9 Å². The molecule has 0 amide bonds. The lowest BCUT2D eigenvalue weighted by Crippen LogP contribution is -2.07. The molecular formula is C4H8Br2O. The molecule has 0 rings (SSSR count). The maximum Gasteiger partial charge on any atom is 0.0475 e. The number of halogens is 2. The number of rotatable bonds is 3. The topological polar surface area (TPSA) is 20.2 Å². The van der Waals surface area contributed by atoms with Gasteiger partial charge in [0.2, 0.25) is 0 Å². The molecule has 0 saturated carbocycles. The van der Waals surface area contributed by atoms with Gasteiger partial charge in [0.15, 0.2) is 0 Å². The minimum absolute atomic E-state index is 0.260. The number of aliphatic hydroxyl groups excluding tert-OH is 1. The lowest BCUT2D eigenvalue weighted by atomic mass is 10.2. The molecule has 0 aliphatic heterocycles. The van der Waals surface area contributed by atoms with Crippen LogP contribution in [0.15, 0.2) is 0 Å². The fourth-order valence-electron chi connectivity index (χ4n) is 0.139. The smallest absolute Gasteiger partial charge is 0.0475 e. The standard InChI is InChI=1S/C4H8Br2O/c5-1-4(2-6)3-7/h4,7H,1-3H2. The fraction of sp³-hybridized carbons (Fsp3) is 1.00. The van der Waals surface area contributed by atoms with Crippen molar-refractivity contribution in [3.8, 4) is 0 Å². The molecule has 0 bridgehead atoms. The van der Waals surface area contributed by atoms with Crippen LogP contribution < -0.4 is 0 Å². The molecule has 0 fully saturated rings. The summed E-state index contributed by atoms with van der Waals surface area (Å²) < 4.78 is 0. The summed E-state index contributed by atoms with van der Waals surface area (Å²) in [5, 5.41) is 10.2. The molecule has 44 valence electrons. The predicted octanol–water partition coefficient (Wildman–Crippen LogP) is 1.38. The maximum absolute atomic E-state index is 8.47. The van der Waals surface area contributed by atoms with Crippen LogP contribution in [0.1, 0.15) is 0 Å². The summed E-state index contributed by atoms with van der Waals surface area (Å²) >= 11 is 6.49. The Balaban J connectivity index is 2.99. The molecule has 0 spiro atoms. The van der Waals surface area contributed by atoms with Crippen LogP contribution in [-0.4, -0.2) is 22.4 Å². The summed E-state index contributed by atoms with van der Waals surface area (Å²) in [4.78, 5) is 0. The number of hydrogen-bond acceptors (Lipinski definition) is 1. The number of alkyl halides is 2. The second-order valence-corrected chi connectivity index (χ2v) is 2.65.